The molecule has 2 aliphatic heterocycles. The third-order valence-corrected chi connectivity index (χ3v) is 10.1. The molecule has 6 atom stereocenters. The molecule has 2 saturated heterocycles. The highest BCUT2D eigenvalue weighted by atomic mass is 79.9. The summed E-state index contributed by atoms with van der Waals surface area (Å²) in [5.41, 5.74) is 0.150. The molecule has 2 N–H and O–H groups in total. The van der Waals surface area contributed by atoms with Crippen molar-refractivity contribution in [2.75, 3.05) is 12.0 Å². The average Bonchev–Trinajstić information content (AvgIpc) is 3.19. The highest BCUT2D eigenvalue weighted by Crippen LogP contribution is 2.66. The van der Waals surface area contributed by atoms with Crippen LogP contribution < -0.4 is 0 Å². The van der Waals surface area contributed by atoms with E-state index in [9.17, 15) is 33.5 Å². The van der Waals surface area contributed by atoms with Crippen molar-refractivity contribution in [3.63, 3.8) is 0 Å². The summed E-state index contributed by atoms with van der Waals surface area (Å²) in [6, 6.07) is 3.74. The Bertz CT molecular complexity index is 1320. The predicted octanol–water partition coefficient (Wildman–Crippen LogP) is 3.11. The summed E-state index contributed by atoms with van der Waals surface area (Å²) in [5.74, 6) is -9.20. The first-order chi connectivity index (χ1) is 17.9. The minimum atomic E-state index is -2.15. The van der Waals surface area contributed by atoms with E-state index >= 15 is 0 Å². The third-order valence-electron chi connectivity index (χ3n) is 8.21. The lowest BCUT2D eigenvalue weighted by atomic mass is 9.56. The molecule has 38 heavy (non-hydrogen) atoms. The SMILES string of the molecule is O=C(O)CCCN1C(=O)C2CC=C3C(CC4(Cl)C(=O)N(CBr)C(=O)C4(Cl)C3c3cccc(F)c3O)C2C1=O. The smallest absolute Gasteiger partial charge is 0.303 e. The van der Waals surface area contributed by atoms with Crippen LogP contribution in [0.25, 0.3) is 0 Å². The molecule has 1 aromatic rings. The van der Waals surface area contributed by atoms with E-state index in [4.69, 9.17) is 28.3 Å². The quantitative estimate of drug-likeness (QED) is 0.213. The standard InChI is InChI=1S/C25H22BrCl2FN2O7/c26-10-31-22(37)24(27)9-14-11(18(25(24,28)23(31)38)13-3-1-4-15(29)19(13)34)6-7-12-17(14)21(36)30(20(12)35)8-2-5-16(32)33/h1,3-4,6,12,14,17-18,34H,2,5,7-10H2,(H,32,33). The van der Waals surface area contributed by atoms with Crippen LogP contribution in [0.1, 0.15) is 37.2 Å². The van der Waals surface area contributed by atoms with E-state index in [-0.39, 0.29) is 43.2 Å². The molecule has 4 aliphatic rings. The number of rotatable bonds is 6. The fraction of sp³-hybridized carbons (Fsp3) is 0.480. The Morgan fingerprint density at radius 3 is 2.47 bits per heavy atom. The average molecular weight is 632 g/mol. The van der Waals surface area contributed by atoms with Crippen LogP contribution in [0, 0.1) is 23.6 Å². The van der Waals surface area contributed by atoms with Crippen LogP contribution in [0.3, 0.4) is 0 Å². The van der Waals surface area contributed by atoms with Gasteiger partial charge in [-0.1, -0.05) is 39.7 Å². The second-order valence-electron chi connectivity index (χ2n) is 9.99. The first-order valence-corrected chi connectivity index (χ1v) is 13.8. The maximum absolute atomic E-state index is 14.5. The Labute approximate surface area is 234 Å². The number of halogens is 4. The Balaban J connectivity index is 1.64. The number of phenols is 1. The molecular weight excluding hydrogens is 610 g/mol. The van der Waals surface area contributed by atoms with Crippen LogP contribution in [0.15, 0.2) is 29.8 Å². The van der Waals surface area contributed by atoms with E-state index in [0.29, 0.717) is 5.57 Å². The summed E-state index contributed by atoms with van der Waals surface area (Å²) >= 11 is 17.1. The number of allylic oxidation sites excluding steroid dienone is 2. The number of alkyl halides is 3. The third kappa shape index (κ3) is 3.50. The molecule has 0 aromatic heterocycles. The number of fused-ring (bicyclic) bond motifs is 4. The zero-order valence-electron chi connectivity index (χ0n) is 19.7. The van der Waals surface area contributed by atoms with Crippen molar-refractivity contribution in [3.05, 3.63) is 41.2 Å². The number of aromatic hydroxyl groups is 1. The number of hydrogen-bond donors (Lipinski definition) is 2. The maximum Gasteiger partial charge on any atom is 0.303 e. The topological polar surface area (TPSA) is 132 Å². The lowest BCUT2D eigenvalue weighted by Gasteiger charge is -2.50. The van der Waals surface area contributed by atoms with Gasteiger partial charge in [0, 0.05) is 24.4 Å². The number of carbonyl (C=O) groups excluding carboxylic acids is 4. The van der Waals surface area contributed by atoms with E-state index < -0.39 is 74.6 Å². The first kappa shape index (κ1) is 27.1. The van der Waals surface area contributed by atoms with Gasteiger partial charge in [-0.25, -0.2) is 4.39 Å². The van der Waals surface area contributed by atoms with Crippen LogP contribution in [-0.2, 0) is 24.0 Å². The van der Waals surface area contributed by atoms with Crippen molar-refractivity contribution in [1.82, 2.24) is 9.80 Å². The zero-order chi connectivity index (χ0) is 27.7. The molecular formula is C25H22BrCl2FN2O7. The van der Waals surface area contributed by atoms with E-state index in [1.165, 1.54) is 12.1 Å². The molecule has 3 fully saturated rings. The molecule has 0 bridgehead atoms. The van der Waals surface area contributed by atoms with Gasteiger partial charge in [0.2, 0.25) is 11.8 Å². The molecule has 6 unspecified atom stereocenters. The summed E-state index contributed by atoms with van der Waals surface area (Å²) < 4.78 is 14.5. The second kappa shape index (κ2) is 9.31. The molecule has 5 rings (SSSR count). The number of hydrogen-bond acceptors (Lipinski definition) is 6. The fourth-order valence-corrected chi connectivity index (χ4v) is 7.95. The molecule has 2 aliphatic carbocycles. The van der Waals surface area contributed by atoms with Gasteiger partial charge in [0.05, 0.1) is 17.3 Å². The van der Waals surface area contributed by atoms with Crippen molar-refractivity contribution in [1.29, 1.82) is 0 Å². The Hall–Kier alpha value is -2.50. The molecule has 13 heteroatoms. The van der Waals surface area contributed by atoms with Crippen LogP contribution >= 0.6 is 39.1 Å². The first-order valence-electron chi connectivity index (χ1n) is 11.9. The van der Waals surface area contributed by atoms with Gasteiger partial charge in [0.1, 0.15) is 0 Å². The van der Waals surface area contributed by atoms with Gasteiger partial charge in [0.25, 0.3) is 11.8 Å². The number of imide groups is 2. The van der Waals surface area contributed by atoms with Gasteiger partial charge in [-0.2, -0.15) is 0 Å². The molecule has 1 saturated carbocycles. The number of carboxylic acid groups (broad SMARTS) is 1. The number of benzene rings is 1. The van der Waals surface area contributed by atoms with E-state index in [2.05, 4.69) is 15.9 Å². The summed E-state index contributed by atoms with van der Waals surface area (Å²) in [5, 5.41) is 19.6. The largest absolute Gasteiger partial charge is 0.505 e. The highest BCUT2D eigenvalue weighted by molar-refractivity contribution is 9.09. The van der Waals surface area contributed by atoms with Crippen LogP contribution in [0.4, 0.5) is 4.39 Å². The molecule has 9 nitrogen and oxygen atoms in total. The van der Waals surface area contributed by atoms with Crippen LogP contribution in [0.2, 0.25) is 0 Å². The Morgan fingerprint density at radius 1 is 1.11 bits per heavy atom. The van der Waals surface area contributed by atoms with Crippen molar-refractivity contribution in [2.45, 2.75) is 41.3 Å². The number of amides is 4. The zero-order valence-corrected chi connectivity index (χ0v) is 22.8. The summed E-state index contributed by atoms with van der Waals surface area (Å²) in [6.45, 7) is -0.0760. The van der Waals surface area contributed by atoms with Crippen molar-refractivity contribution in [3.8, 4) is 5.75 Å². The number of carboxylic acids is 1. The Morgan fingerprint density at radius 2 is 1.82 bits per heavy atom. The molecule has 1 aromatic carbocycles. The lowest BCUT2D eigenvalue weighted by molar-refractivity contribution is -0.142. The maximum atomic E-state index is 14.5. The van der Waals surface area contributed by atoms with Crippen molar-refractivity contribution in [2.24, 2.45) is 17.8 Å². The van der Waals surface area contributed by atoms with Gasteiger partial charge >= 0.3 is 5.97 Å². The van der Waals surface area contributed by atoms with Gasteiger partial charge in [-0.05, 0) is 31.2 Å². The predicted molar refractivity (Wildman–Crippen MR) is 135 cm³/mol. The molecule has 202 valence electrons. The summed E-state index contributed by atoms with van der Waals surface area (Å²) in [4.78, 5) is 62.5. The summed E-state index contributed by atoms with van der Waals surface area (Å²) in [6.07, 6.45) is 1.39. The minimum Gasteiger partial charge on any atom is -0.505 e. The molecule has 0 radical (unpaired) electrons. The van der Waals surface area contributed by atoms with Gasteiger partial charge in [-0.3, -0.25) is 33.8 Å². The second-order valence-corrected chi connectivity index (χ2v) is 11.7. The fourth-order valence-electron chi connectivity index (χ4n) is 6.54. The van der Waals surface area contributed by atoms with Crippen molar-refractivity contribution >= 4 is 68.7 Å². The highest BCUT2D eigenvalue weighted by Gasteiger charge is 2.76. The van der Waals surface area contributed by atoms with Gasteiger partial charge in [0.15, 0.2) is 21.3 Å². The lowest BCUT2D eigenvalue weighted by Crippen LogP contribution is -2.60. The number of nitrogens with zero attached hydrogens (tertiary/aromatic N) is 2. The van der Waals surface area contributed by atoms with Crippen LogP contribution in [-0.4, -0.2) is 71.4 Å². The number of likely N-dealkylation sites (tertiary alicyclic amines) is 2. The van der Waals surface area contributed by atoms with E-state index in [0.717, 1.165) is 15.9 Å². The van der Waals surface area contributed by atoms with E-state index in [1.54, 1.807) is 6.08 Å². The molecule has 0 spiro atoms. The number of para-hydroxylation sites is 1. The monoisotopic (exact) mass is 630 g/mol. The molecule has 4 amide bonds. The Kier molecular flexibility index (Phi) is 6.63. The molecule has 2 heterocycles. The van der Waals surface area contributed by atoms with Gasteiger partial charge < -0.3 is 10.2 Å². The number of aliphatic carboxylic acids is 1. The minimum absolute atomic E-state index is 0.0629. The normalized spacial score (nSPS) is 34.3. The number of phenolic OH excluding ortho intramolecular Hbond substituents is 1. The number of carbonyl (C=O) groups is 5. The summed E-state index contributed by atoms with van der Waals surface area (Å²) in [7, 11) is 0. The van der Waals surface area contributed by atoms with Gasteiger partial charge in [-0.15, -0.1) is 23.2 Å². The van der Waals surface area contributed by atoms with Crippen LogP contribution in [0.5, 0.6) is 5.75 Å². The van der Waals surface area contributed by atoms with E-state index in [1.807, 2.05) is 0 Å². The van der Waals surface area contributed by atoms with Crippen molar-refractivity contribution < 1.29 is 38.6 Å².